The summed E-state index contributed by atoms with van der Waals surface area (Å²) < 4.78 is 1.70. The van der Waals surface area contributed by atoms with Crippen molar-refractivity contribution in [1.82, 2.24) is 4.57 Å². The Morgan fingerprint density at radius 1 is 1.15 bits per heavy atom. The standard InChI is InChI=1S/C21H18ClNO3/c1-12-5-10-17-16(11-12)19-15(21(25)26)3-2-4-18(19)23(17)20(24)13-6-8-14(22)9-7-13/h5-11,15H,2-4H2,1H3,(H,25,26). The monoisotopic (exact) mass is 367 g/mol. The Labute approximate surface area is 156 Å². The molecule has 5 heteroatoms. The van der Waals surface area contributed by atoms with Crippen molar-refractivity contribution in [2.45, 2.75) is 32.1 Å². The van der Waals surface area contributed by atoms with E-state index in [9.17, 15) is 14.7 Å². The highest BCUT2D eigenvalue weighted by Gasteiger charge is 2.33. The number of hydrogen-bond donors (Lipinski definition) is 1. The van der Waals surface area contributed by atoms with Crippen LogP contribution in [0.3, 0.4) is 0 Å². The number of rotatable bonds is 2. The molecule has 0 fully saturated rings. The lowest BCUT2D eigenvalue weighted by Crippen LogP contribution is -2.21. The number of aliphatic carboxylic acids is 1. The summed E-state index contributed by atoms with van der Waals surface area (Å²) in [6.07, 6.45) is 2.06. The first kappa shape index (κ1) is 16.9. The molecule has 4 rings (SSSR count). The van der Waals surface area contributed by atoms with Gasteiger partial charge in [-0.25, -0.2) is 0 Å². The van der Waals surface area contributed by atoms with E-state index in [2.05, 4.69) is 0 Å². The van der Waals surface area contributed by atoms with Crippen LogP contribution >= 0.6 is 11.6 Å². The lowest BCUT2D eigenvalue weighted by atomic mass is 9.85. The molecule has 1 unspecified atom stereocenters. The fourth-order valence-electron chi connectivity index (χ4n) is 3.94. The van der Waals surface area contributed by atoms with Gasteiger partial charge in [0.1, 0.15) is 0 Å². The van der Waals surface area contributed by atoms with Gasteiger partial charge >= 0.3 is 5.97 Å². The fraction of sp³-hybridized carbons (Fsp3) is 0.238. The number of carboxylic acid groups (broad SMARTS) is 1. The van der Waals surface area contributed by atoms with Crippen molar-refractivity contribution in [2.75, 3.05) is 0 Å². The van der Waals surface area contributed by atoms with Crippen LogP contribution in [0.1, 0.15) is 45.9 Å². The minimum Gasteiger partial charge on any atom is -0.481 e. The molecule has 26 heavy (non-hydrogen) atoms. The summed E-state index contributed by atoms with van der Waals surface area (Å²) in [4.78, 5) is 25.1. The quantitative estimate of drug-likeness (QED) is 0.708. The number of benzene rings is 2. The van der Waals surface area contributed by atoms with Crippen molar-refractivity contribution in [3.05, 3.63) is 69.9 Å². The number of carboxylic acids is 1. The highest BCUT2D eigenvalue weighted by Crippen LogP contribution is 2.40. The molecule has 1 aromatic heterocycles. The van der Waals surface area contributed by atoms with Crippen molar-refractivity contribution in [3.63, 3.8) is 0 Å². The lowest BCUT2D eigenvalue weighted by Gasteiger charge is -2.21. The zero-order valence-corrected chi connectivity index (χ0v) is 15.1. The van der Waals surface area contributed by atoms with Gasteiger partial charge in [0.2, 0.25) is 0 Å². The molecular weight excluding hydrogens is 350 g/mol. The number of aryl methyl sites for hydroxylation is 1. The average Bonchev–Trinajstić information content (AvgIpc) is 2.95. The van der Waals surface area contributed by atoms with E-state index < -0.39 is 11.9 Å². The summed E-state index contributed by atoms with van der Waals surface area (Å²) in [5.74, 6) is -1.55. The maximum atomic E-state index is 13.2. The van der Waals surface area contributed by atoms with E-state index in [1.165, 1.54) is 0 Å². The summed E-state index contributed by atoms with van der Waals surface area (Å²) in [5.41, 5.74) is 3.97. The SMILES string of the molecule is Cc1ccc2c(c1)c1c(n2C(=O)c2ccc(Cl)cc2)CCCC1C(=O)O. The molecule has 1 aliphatic rings. The molecule has 1 aliphatic carbocycles. The molecule has 0 bridgehead atoms. The number of fused-ring (bicyclic) bond motifs is 3. The van der Waals surface area contributed by atoms with Crippen LogP contribution < -0.4 is 0 Å². The van der Waals surface area contributed by atoms with Gasteiger partial charge < -0.3 is 5.11 Å². The zero-order valence-electron chi connectivity index (χ0n) is 14.3. The molecule has 0 saturated carbocycles. The van der Waals surface area contributed by atoms with Crippen LogP contribution in [0.4, 0.5) is 0 Å². The predicted octanol–water partition coefficient (Wildman–Crippen LogP) is 4.80. The molecular formula is C21H18ClNO3. The summed E-state index contributed by atoms with van der Waals surface area (Å²) in [7, 11) is 0. The van der Waals surface area contributed by atoms with Gasteiger partial charge in [0.05, 0.1) is 11.4 Å². The molecule has 0 radical (unpaired) electrons. The van der Waals surface area contributed by atoms with Gasteiger partial charge in [-0.3, -0.25) is 14.2 Å². The van der Waals surface area contributed by atoms with E-state index in [0.717, 1.165) is 34.1 Å². The first-order valence-electron chi connectivity index (χ1n) is 8.64. The summed E-state index contributed by atoms with van der Waals surface area (Å²) in [6, 6.07) is 12.6. The number of nitrogens with zero attached hydrogens (tertiary/aromatic N) is 1. The average molecular weight is 368 g/mol. The number of aromatic nitrogens is 1. The Hall–Kier alpha value is -2.59. The second-order valence-electron chi connectivity index (χ2n) is 6.81. The molecule has 132 valence electrons. The highest BCUT2D eigenvalue weighted by atomic mass is 35.5. The van der Waals surface area contributed by atoms with Crippen LogP contribution in [0.15, 0.2) is 42.5 Å². The zero-order chi connectivity index (χ0) is 18.4. The lowest BCUT2D eigenvalue weighted by molar-refractivity contribution is -0.139. The summed E-state index contributed by atoms with van der Waals surface area (Å²) in [5, 5.41) is 11.1. The van der Waals surface area contributed by atoms with Gasteiger partial charge in [0.25, 0.3) is 5.91 Å². The first-order valence-corrected chi connectivity index (χ1v) is 9.02. The maximum absolute atomic E-state index is 13.2. The largest absolute Gasteiger partial charge is 0.481 e. The van der Waals surface area contributed by atoms with E-state index >= 15 is 0 Å². The van der Waals surface area contributed by atoms with Gasteiger partial charge in [0, 0.05) is 21.7 Å². The number of carbonyl (C=O) groups excluding carboxylic acids is 1. The Morgan fingerprint density at radius 2 is 1.88 bits per heavy atom. The maximum Gasteiger partial charge on any atom is 0.311 e. The molecule has 3 aromatic rings. The van der Waals surface area contributed by atoms with Crippen LogP contribution in [0, 0.1) is 6.92 Å². The molecule has 2 aromatic carbocycles. The van der Waals surface area contributed by atoms with E-state index in [1.54, 1.807) is 28.8 Å². The normalized spacial score (nSPS) is 16.5. The van der Waals surface area contributed by atoms with Gasteiger partial charge in [-0.15, -0.1) is 0 Å². The third kappa shape index (κ3) is 2.61. The second kappa shape index (κ2) is 6.29. The van der Waals surface area contributed by atoms with Crippen molar-refractivity contribution in [1.29, 1.82) is 0 Å². The fourth-order valence-corrected chi connectivity index (χ4v) is 4.06. The number of halogens is 1. The molecule has 0 saturated heterocycles. The van der Waals surface area contributed by atoms with Gasteiger partial charge in [-0.05, 0) is 68.1 Å². The van der Waals surface area contributed by atoms with E-state index in [1.807, 2.05) is 25.1 Å². The van der Waals surface area contributed by atoms with Crippen LogP contribution in [-0.4, -0.2) is 21.6 Å². The molecule has 0 amide bonds. The van der Waals surface area contributed by atoms with E-state index in [0.29, 0.717) is 23.4 Å². The highest BCUT2D eigenvalue weighted by molar-refractivity contribution is 6.30. The summed E-state index contributed by atoms with van der Waals surface area (Å²) in [6.45, 7) is 1.97. The molecule has 4 nitrogen and oxygen atoms in total. The van der Waals surface area contributed by atoms with Crippen molar-refractivity contribution < 1.29 is 14.7 Å². The molecule has 1 N–H and O–H groups in total. The van der Waals surface area contributed by atoms with Crippen molar-refractivity contribution >= 4 is 34.4 Å². The second-order valence-corrected chi connectivity index (χ2v) is 7.25. The minimum absolute atomic E-state index is 0.150. The van der Waals surface area contributed by atoms with Gasteiger partial charge in [-0.1, -0.05) is 23.2 Å². The molecule has 0 aliphatic heterocycles. The van der Waals surface area contributed by atoms with Gasteiger partial charge in [-0.2, -0.15) is 0 Å². The first-order chi connectivity index (χ1) is 12.5. The number of carbonyl (C=O) groups is 2. The number of hydrogen-bond acceptors (Lipinski definition) is 2. The molecule has 1 atom stereocenters. The van der Waals surface area contributed by atoms with Crippen LogP contribution in [0.25, 0.3) is 10.9 Å². The topological polar surface area (TPSA) is 59.3 Å². The Morgan fingerprint density at radius 3 is 2.58 bits per heavy atom. The van der Waals surface area contributed by atoms with Crippen LogP contribution in [0.5, 0.6) is 0 Å². The third-order valence-electron chi connectivity index (χ3n) is 5.11. The minimum atomic E-state index is -0.828. The molecule has 1 heterocycles. The van der Waals surface area contributed by atoms with Crippen LogP contribution in [0.2, 0.25) is 5.02 Å². The smallest absolute Gasteiger partial charge is 0.311 e. The van der Waals surface area contributed by atoms with Gasteiger partial charge in [0.15, 0.2) is 0 Å². The van der Waals surface area contributed by atoms with Crippen LogP contribution in [-0.2, 0) is 11.2 Å². The Balaban J connectivity index is 1.99. The van der Waals surface area contributed by atoms with E-state index in [-0.39, 0.29) is 5.91 Å². The predicted molar refractivity (Wildman–Crippen MR) is 101 cm³/mol. The third-order valence-corrected chi connectivity index (χ3v) is 5.36. The Bertz CT molecular complexity index is 1030. The Kier molecular flexibility index (Phi) is 4.08. The van der Waals surface area contributed by atoms with Crippen molar-refractivity contribution in [3.8, 4) is 0 Å². The van der Waals surface area contributed by atoms with E-state index in [4.69, 9.17) is 11.6 Å². The van der Waals surface area contributed by atoms with Crippen molar-refractivity contribution in [2.24, 2.45) is 0 Å². The summed E-state index contributed by atoms with van der Waals surface area (Å²) >= 11 is 5.94. The molecule has 0 spiro atoms.